The Balaban J connectivity index is 2.14. The normalized spacial score (nSPS) is 19.4. The zero-order valence-electron chi connectivity index (χ0n) is 17.1. The molecule has 1 aromatic carbocycles. The summed E-state index contributed by atoms with van der Waals surface area (Å²) >= 11 is 0. The summed E-state index contributed by atoms with van der Waals surface area (Å²) in [6.07, 6.45) is 9.21. The van der Waals surface area contributed by atoms with E-state index in [9.17, 15) is 15.0 Å². The zero-order valence-corrected chi connectivity index (χ0v) is 17.1. The highest BCUT2D eigenvalue weighted by atomic mass is 16.7. The number of aromatic hydroxyl groups is 2. The lowest BCUT2D eigenvalue weighted by molar-refractivity contribution is -0.202. The monoisotopic (exact) mass is 386 g/mol. The zero-order chi connectivity index (χ0) is 20.7. The molecule has 0 aliphatic carbocycles. The second-order valence-electron chi connectivity index (χ2n) is 7.27. The molecular weight excluding hydrogens is 356 g/mol. The quantitative estimate of drug-likeness (QED) is 0.345. The van der Waals surface area contributed by atoms with Gasteiger partial charge in [0, 0.05) is 18.3 Å². The first kappa shape index (κ1) is 21.8. The Hall–Kier alpha value is -2.53. The van der Waals surface area contributed by atoms with Gasteiger partial charge in [-0.1, -0.05) is 23.3 Å². The number of allylic oxidation sites excluding steroid dienone is 4. The number of cyclic esters (lactones) is 1. The third-order valence-corrected chi connectivity index (χ3v) is 4.58. The number of benzene rings is 1. The Kier molecular flexibility index (Phi) is 7.46. The highest BCUT2D eigenvalue weighted by Gasteiger charge is 2.44. The maximum atomic E-state index is 12.4. The molecule has 5 heteroatoms. The van der Waals surface area contributed by atoms with Gasteiger partial charge in [0.2, 0.25) is 0 Å². The summed E-state index contributed by atoms with van der Waals surface area (Å²) in [4.78, 5) is 12.4. The summed E-state index contributed by atoms with van der Waals surface area (Å²) in [5.74, 6) is -2.12. The molecule has 152 valence electrons. The molecule has 1 aliphatic heterocycles. The van der Waals surface area contributed by atoms with E-state index in [4.69, 9.17) is 9.47 Å². The van der Waals surface area contributed by atoms with Crippen LogP contribution in [0.2, 0.25) is 0 Å². The minimum Gasteiger partial charge on any atom is -0.508 e. The van der Waals surface area contributed by atoms with Gasteiger partial charge in [-0.2, -0.15) is 0 Å². The van der Waals surface area contributed by atoms with E-state index in [1.807, 2.05) is 0 Å². The van der Waals surface area contributed by atoms with Gasteiger partial charge in [0.05, 0.1) is 5.56 Å². The molecule has 0 aromatic heterocycles. The number of rotatable bonds is 9. The van der Waals surface area contributed by atoms with Crippen LogP contribution in [-0.4, -0.2) is 22.8 Å². The molecule has 28 heavy (non-hydrogen) atoms. The predicted molar refractivity (Wildman–Crippen MR) is 109 cm³/mol. The van der Waals surface area contributed by atoms with Crippen LogP contribution in [0.1, 0.15) is 58.9 Å². The highest BCUT2D eigenvalue weighted by Crippen LogP contribution is 2.42. The molecule has 0 spiro atoms. The van der Waals surface area contributed by atoms with Crippen molar-refractivity contribution in [3.63, 3.8) is 0 Å². The highest BCUT2D eigenvalue weighted by molar-refractivity contribution is 5.91. The third kappa shape index (κ3) is 5.49. The molecule has 0 amide bonds. The van der Waals surface area contributed by atoms with Crippen molar-refractivity contribution < 1.29 is 24.5 Å². The largest absolute Gasteiger partial charge is 0.508 e. The summed E-state index contributed by atoms with van der Waals surface area (Å²) in [6, 6.07) is 4.07. The smallest absolute Gasteiger partial charge is 0.336 e. The Labute approximate surface area is 167 Å². The van der Waals surface area contributed by atoms with Gasteiger partial charge in [-0.3, -0.25) is 0 Å². The van der Waals surface area contributed by atoms with Crippen molar-refractivity contribution in [2.75, 3.05) is 6.61 Å². The Morgan fingerprint density at radius 3 is 2.61 bits per heavy atom. The van der Waals surface area contributed by atoms with Gasteiger partial charge in [-0.25, -0.2) is 4.79 Å². The predicted octanol–water partition coefficient (Wildman–Crippen LogP) is 5.24. The first-order valence-corrected chi connectivity index (χ1v) is 9.68. The van der Waals surface area contributed by atoms with Gasteiger partial charge < -0.3 is 19.7 Å². The molecule has 2 N–H and O–H groups in total. The van der Waals surface area contributed by atoms with Crippen LogP contribution in [0.25, 0.3) is 0 Å². The van der Waals surface area contributed by atoms with Crippen LogP contribution in [0.15, 0.2) is 53.1 Å². The number of carbonyl (C=O) groups excluding carboxylic acids is 1. The lowest BCUT2D eigenvalue weighted by atomic mass is 10.0. The fourth-order valence-electron chi connectivity index (χ4n) is 3.16. The van der Waals surface area contributed by atoms with Gasteiger partial charge >= 0.3 is 5.97 Å². The fourth-order valence-corrected chi connectivity index (χ4v) is 3.16. The van der Waals surface area contributed by atoms with Crippen LogP contribution in [0, 0.1) is 0 Å². The molecule has 0 saturated heterocycles. The van der Waals surface area contributed by atoms with Gasteiger partial charge in [0.15, 0.2) is 0 Å². The molecule has 0 bridgehead atoms. The summed E-state index contributed by atoms with van der Waals surface area (Å²) in [5.41, 5.74) is 3.32. The van der Waals surface area contributed by atoms with E-state index < -0.39 is 11.8 Å². The Morgan fingerprint density at radius 1 is 1.18 bits per heavy atom. The van der Waals surface area contributed by atoms with Crippen LogP contribution >= 0.6 is 0 Å². The molecule has 1 atom stereocenters. The number of esters is 1. The summed E-state index contributed by atoms with van der Waals surface area (Å²) in [7, 11) is 0. The summed E-state index contributed by atoms with van der Waals surface area (Å²) in [6.45, 7) is 8.32. The molecule has 1 heterocycles. The van der Waals surface area contributed by atoms with Crippen molar-refractivity contribution in [2.45, 2.75) is 59.2 Å². The third-order valence-electron chi connectivity index (χ3n) is 4.58. The fraction of sp³-hybridized carbons (Fsp3) is 0.435. The van der Waals surface area contributed by atoms with Crippen molar-refractivity contribution in [3.05, 3.63) is 58.7 Å². The Morgan fingerprint density at radius 2 is 1.93 bits per heavy atom. The Bertz CT molecular complexity index is 799. The summed E-state index contributed by atoms with van der Waals surface area (Å²) in [5, 5.41) is 20.0. The van der Waals surface area contributed by atoms with E-state index in [0.29, 0.717) is 12.0 Å². The molecule has 1 unspecified atom stereocenters. The molecule has 1 aliphatic rings. The number of carbonyl (C=O) groups is 1. The SMILES string of the molecule is CCOC1(c2cc(O)ccc2O)C=C(CCC=C(C)CCC=C(C)C)C(=O)O1. The number of phenols is 2. The molecule has 1 aromatic rings. The van der Waals surface area contributed by atoms with Crippen LogP contribution in [0.5, 0.6) is 11.5 Å². The van der Waals surface area contributed by atoms with Gasteiger partial charge in [-0.15, -0.1) is 0 Å². The lowest BCUT2D eigenvalue weighted by Crippen LogP contribution is -2.29. The molecule has 2 rings (SSSR count). The summed E-state index contributed by atoms with van der Waals surface area (Å²) < 4.78 is 11.2. The van der Waals surface area contributed by atoms with Crippen molar-refractivity contribution in [2.24, 2.45) is 0 Å². The van der Waals surface area contributed by atoms with Crippen LogP contribution in [0.3, 0.4) is 0 Å². The van der Waals surface area contributed by atoms with Crippen molar-refractivity contribution in [1.82, 2.24) is 0 Å². The van der Waals surface area contributed by atoms with Crippen LogP contribution in [-0.2, 0) is 20.1 Å². The standard InChI is InChI=1S/C23H30O5/c1-5-27-23(20-14-19(24)12-13-21(20)25)15-18(22(26)28-23)11-7-10-17(4)9-6-8-16(2)3/h8,10,12-15,24-25H,5-7,9,11H2,1-4H3. The van der Waals surface area contributed by atoms with E-state index in [1.54, 1.807) is 13.0 Å². The van der Waals surface area contributed by atoms with E-state index in [0.717, 1.165) is 19.3 Å². The van der Waals surface area contributed by atoms with Gasteiger partial charge in [-0.05, 0) is 71.6 Å². The molecule has 0 saturated carbocycles. The molecule has 0 radical (unpaired) electrons. The number of hydrogen-bond donors (Lipinski definition) is 2. The number of phenolic OH excluding ortho intramolecular Hbond substituents is 2. The minimum absolute atomic E-state index is 0.0419. The lowest BCUT2D eigenvalue weighted by Gasteiger charge is -2.27. The first-order valence-electron chi connectivity index (χ1n) is 9.68. The second kappa shape index (κ2) is 9.60. The maximum Gasteiger partial charge on any atom is 0.336 e. The minimum atomic E-state index is -1.51. The topological polar surface area (TPSA) is 76.0 Å². The van der Waals surface area contributed by atoms with E-state index >= 15 is 0 Å². The average Bonchev–Trinajstić information content (AvgIpc) is 2.93. The van der Waals surface area contributed by atoms with Crippen molar-refractivity contribution in [3.8, 4) is 11.5 Å². The van der Waals surface area contributed by atoms with E-state index in [-0.39, 0.29) is 23.7 Å². The van der Waals surface area contributed by atoms with Crippen molar-refractivity contribution >= 4 is 5.97 Å². The van der Waals surface area contributed by atoms with Crippen LogP contribution < -0.4 is 0 Å². The maximum absolute atomic E-state index is 12.4. The van der Waals surface area contributed by atoms with Crippen molar-refractivity contribution in [1.29, 1.82) is 0 Å². The molecular formula is C23H30O5. The second-order valence-corrected chi connectivity index (χ2v) is 7.27. The van der Waals surface area contributed by atoms with Crippen LogP contribution in [0.4, 0.5) is 0 Å². The number of hydrogen-bond acceptors (Lipinski definition) is 5. The molecule has 5 nitrogen and oxygen atoms in total. The van der Waals surface area contributed by atoms with Gasteiger partial charge in [0.25, 0.3) is 5.79 Å². The number of ether oxygens (including phenoxy) is 2. The average molecular weight is 386 g/mol. The van der Waals surface area contributed by atoms with E-state index in [1.165, 1.54) is 29.3 Å². The van der Waals surface area contributed by atoms with Gasteiger partial charge in [0.1, 0.15) is 11.5 Å². The molecule has 0 fully saturated rings. The van der Waals surface area contributed by atoms with E-state index in [2.05, 4.69) is 32.9 Å². The first-order chi connectivity index (χ1) is 13.3.